The molecule has 118 valence electrons. The maximum Gasteiger partial charge on any atom is 0.223 e. The second kappa shape index (κ2) is 8.14. The first-order valence-electron chi connectivity index (χ1n) is 7.14. The van der Waals surface area contributed by atoms with Crippen molar-refractivity contribution >= 4 is 15.9 Å². The minimum absolute atomic E-state index is 0.00264. The first-order chi connectivity index (χ1) is 9.88. The molecule has 0 bridgehead atoms. The number of sulfonamides is 1. The predicted molar refractivity (Wildman–Crippen MR) is 84.0 cm³/mol. The lowest BCUT2D eigenvalue weighted by Crippen LogP contribution is -2.28. The average molecular weight is 312 g/mol. The maximum absolute atomic E-state index is 11.8. The van der Waals surface area contributed by atoms with Gasteiger partial charge in [-0.2, -0.15) is 0 Å². The Morgan fingerprint density at radius 3 is 2.57 bits per heavy atom. The van der Waals surface area contributed by atoms with E-state index in [-0.39, 0.29) is 17.6 Å². The van der Waals surface area contributed by atoms with Crippen LogP contribution in [0.25, 0.3) is 0 Å². The first kappa shape index (κ1) is 17.7. The van der Waals surface area contributed by atoms with Gasteiger partial charge in [-0.15, -0.1) is 0 Å². The van der Waals surface area contributed by atoms with Gasteiger partial charge in [0, 0.05) is 12.5 Å². The predicted octanol–water partition coefficient (Wildman–Crippen LogP) is 1.79. The summed E-state index contributed by atoms with van der Waals surface area (Å²) < 4.78 is 25.3. The number of benzene rings is 1. The minimum atomic E-state index is -3.28. The second-order valence-corrected chi connectivity index (χ2v) is 7.12. The summed E-state index contributed by atoms with van der Waals surface area (Å²) in [6.07, 6.45) is 1.85. The van der Waals surface area contributed by atoms with Gasteiger partial charge in [-0.25, -0.2) is 13.1 Å². The number of carbonyl (C=O) groups is 1. The van der Waals surface area contributed by atoms with Crippen LogP contribution in [-0.2, 0) is 27.1 Å². The van der Waals surface area contributed by atoms with Crippen molar-refractivity contribution in [2.24, 2.45) is 5.92 Å². The van der Waals surface area contributed by atoms with Crippen molar-refractivity contribution in [2.75, 3.05) is 7.05 Å². The molecule has 0 aliphatic rings. The van der Waals surface area contributed by atoms with Crippen LogP contribution in [0.2, 0.25) is 0 Å². The smallest absolute Gasteiger partial charge is 0.223 e. The zero-order chi connectivity index (χ0) is 15.9. The summed E-state index contributed by atoms with van der Waals surface area (Å²) in [5.74, 6) is -0.0229. The van der Waals surface area contributed by atoms with E-state index in [2.05, 4.69) is 17.0 Å². The molecule has 1 amide bonds. The summed E-state index contributed by atoms with van der Waals surface area (Å²) in [7, 11) is -1.88. The topological polar surface area (TPSA) is 75.3 Å². The summed E-state index contributed by atoms with van der Waals surface area (Å²) in [6.45, 7) is 4.38. The molecule has 0 saturated carbocycles. The summed E-state index contributed by atoms with van der Waals surface area (Å²) in [5, 5.41) is 2.88. The highest BCUT2D eigenvalue weighted by molar-refractivity contribution is 7.88. The third-order valence-electron chi connectivity index (χ3n) is 3.30. The van der Waals surface area contributed by atoms with E-state index in [1.54, 1.807) is 18.2 Å². The lowest BCUT2D eigenvalue weighted by Gasteiger charge is -2.11. The molecule has 0 radical (unpaired) electrons. The van der Waals surface area contributed by atoms with Crippen LogP contribution in [-0.4, -0.2) is 21.4 Å². The molecule has 0 heterocycles. The molecule has 1 aromatic rings. The zero-order valence-electron chi connectivity index (χ0n) is 12.8. The minimum Gasteiger partial charge on any atom is -0.352 e. The third-order valence-corrected chi connectivity index (χ3v) is 4.63. The first-order valence-corrected chi connectivity index (χ1v) is 8.80. The molecule has 0 aliphatic heterocycles. The van der Waals surface area contributed by atoms with Gasteiger partial charge in [0.2, 0.25) is 15.9 Å². The molecular formula is C15H24N2O3S. The van der Waals surface area contributed by atoms with Crippen LogP contribution in [0.15, 0.2) is 24.3 Å². The van der Waals surface area contributed by atoms with Gasteiger partial charge in [0.15, 0.2) is 0 Å². The molecule has 21 heavy (non-hydrogen) atoms. The van der Waals surface area contributed by atoms with Crippen molar-refractivity contribution < 1.29 is 13.2 Å². The van der Waals surface area contributed by atoms with Crippen molar-refractivity contribution in [3.8, 4) is 0 Å². The normalized spacial score (nSPS) is 12.9. The molecule has 1 unspecified atom stereocenters. The van der Waals surface area contributed by atoms with Crippen LogP contribution < -0.4 is 10.0 Å². The summed E-state index contributed by atoms with van der Waals surface area (Å²) in [4.78, 5) is 11.8. The van der Waals surface area contributed by atoms with Crippen LogP contribution in [0.3, 0.4) is 0 Å². The fraction of sp³-hybridized carbons (Fsp3) is 0.533. The Kier molecular flexibility index (Phi) is 6.84. The van der Waals surface area contributed by atoms with Crippen molar-refractivity contribution in [3.63, 3.8) is 0 Å². The lowest BCUT2D eigenvalue weighted by atomic mass is 10.1. The van der Waals surface area contributed by atoms with Crippen LogP contribution in [0, 0.1) is 5.92 Å². The third kappa shape index (κ3) is 6.27. The quantitative estimate of drug-likeness (QED) is 0.768. The highest BCUT2D eigenvalue weighted by Crippen LogP contribution is 2.10. The molecule has 6 heteroatoms. The Bertz CT molecular complexity index is 570. The van der Waals surface area contributed by atoms with Gasteiger partial charge in [0.25, 0.3) is 0 Å². The Morgan fingerprint density at radius 2 is 1.95 bits per heavy atom. The molecule has 2 N–H and O–H groups in total. The number of hydrogen-bond acceptors (Lipinski definition) is 3. The van der Waals surface area contributed by atoms with Crippen molar-refractivity contribution in [2.45, 2.75) is 39.0 Å². The van der Waals surface area contributed by atoms with Gasteiger partial charge in [-0.1, -0.05) is 44.5 Å². The molecule has 0 aromatic heterocycles. The fourth-order valence-corrected chi connectivity index (χ4v) is 2.81. The fourth-order valence-electron chi connectivity index (χ4n) is 2.05. The largest absolute Gasteiger partial charge is 0.352 e. The molecule has 5 nitrogen and oxygen atoms in total. The van der Waals surface area contributed by atoms with Gasteiger partial charge >= 0.3 is 0 Å². The SMILES string of the molecule is CCCC(C)C(=O)NCc1cccc(CS(=O)(=O)NC)c1. The van der Waals surface area contributed by atoms with E-state index in [1.807, 2.05) is 13.0 Å². The number of carbonyl (C=O) groups excluding carboxylic acids is 1. The second-order valence-electron chi connectivity index (χ2n) is 5.19. The van der Waals surface area contributed by atoms with E-state index < -0.39 is 10.0 Å². The molecule has 0 fully saturated rings. The van der Waals surface area contributed by atoms with E-state index in [0.717, 1.165) is 18.4 Å². The summed E-state index contributed by atoms with van der Waals surface area (Å²) in [5.41, 5.74) is 1.61. The molecule has 0 saturated heterocycles. The van der Waals surface area contributed by atoms with Crippen molar-refractivity contribution in [1.29, 1.82) is 0 Å². The highest BCUT2D eigenvalue weighted by atomic mass is 32.2. The molecule has 1 aromatic carbocycles. The molecule has 1 atom stereocenters. The standard InChI is InChI=1S/C15H24N2O3S/c1-4-6-12(2)15(18)17-10-13-7-5-8-14(9-13)11-21(19,20)16-3/h5,7-9,12,16H,4,6,10-11H2,1-3H3,(H,17,18). The Morgan fingerprint density at radius 1 is 1.29 bits per heavy atom. The van der Waals surface area contributed by atoms with Gasteiger partial charge < -0.3 is 5.32 Å². The molecule has 1 rings (SSSR count). The maximum atomic E-state index is 11.8. The van der Waals surface area contributed by atoms with Gasteiger partial charge in [0.1, 0.15) is 0 Å². The van der Waals surface area contributed by atoms with Gasteiger partial charge in [-0.3, -0.25) is 4.79 Å². The van der Waals surface area contributed by atoms with Crippen LogP contribution >= 0.6 is 0 Å². The lowest BCUT2D eigenvalue weighted by molar-refractivity contribution is -0.124. The van der Waals surface area contributed by atoms with Crippen LogP contribution in [0.1, 0.15) is 37.8 Å². The van der Waals surface area contributed by atoms with Gasteiger partial charge in [-0.05, 0) is 24.6 Å². The van der Waals surface area contributed by atoms with E-state index in [4.69, 9.17) is 0 Å². The Balaban J connectivity index is 2.63. The monoisotopic (exact) mass is 312 g/mol. The van der Waals surface area contributed by atoms with E-state index in [1.165, 1.54) is 7.05 Å². The summed E-state index contributed by atoms with van der Waals surface area (Å²) in [6, 6.07) is 7.25. The number of hydrogen-bond donors (Lipinski definition) is 2. The Labute approximate surface area is 127 Å². The zero-order valence-corrected chi connectivity index (χ0v) is 13.7. The summed E-state index contributed by atoms with van der Waals surface area (Å²) >= 11 is 0. The van der Waals surface area contributed by atoms with Crippen LogP contribution in [0.5, 0.6) is 0 Å². The Hall–Kier alpha value is -1.40. The van der Waals surface area contributed by atoms with Crippen LogP contribution in [0.4, 0.5) is 0 Å². The average Bonchev–Trinajstić information content (AvgIpc) is 2.45. The van der Waals surface area contributed by atoms with E-state index >= 15 is 0 Å². The highest BCUT2D eigenvalue weighted by Gasteiger charge is 2.12. The van der Waals surface area contributed by atoms with Crippen molar-refractivity contribution in [3.05, 3.63) is 35.4 Å². The molecule has 0 spiro atoms. The molecule has 0 aliphatic carbocycles. The molecular weight excluding hydrogens is 288 g/mol. The van der Waals surface area contributed by atoms with E-state index in [9.17, 15) is 13.2 Å². The number of nitrogens with one attached hydrogen (secondary N) is 2. The number of amides is 1. The van der Waals surface area contributed by atoms with E-state index in [0.29, 0.717) is 12.1 Å². The van der Waals surface area contributed by atoms with Gasteiger partial charge in [0.05, 0.1) is 5.75 Å². The van der Waals surface area contributed by atoms with Crippen molar-refractivity contribution in [1.82, 2.24) is 10.0 Å². The number of rotatable bonds is 8.